The molecular weight excluding hydrogens is 713 g/mol. The van der Waals surface area contributed by atoms with Gasteiger partial charge in [0.2, 0.25) is 20.0 Å². The van der Waals surface area contributed by atoms with Crippen LogP contribution in [0.5, 0.6) is 0 Å². The van der Waals surface area contributed by atoms with E-state index in [9.17, 15) is 16.8 Å². The molecule has 1 aromatic carbocycles. The van der Waals surface area contributed by atoms with Crippen LogP contribution in [0.3, 0.4) is 0 Å². The number of nitrogens with one attached hydrogen (secondary N) is 2. The number of aromatic amines is 2. The molecule has 0 amide bonds. The number of benzene rings is 1. The van der Waals surface area contributed by atoms with Crippen LogP contribution in [-0.2, 0) is 20.0 Å². The summed E-state index contributed by atoms with van der Waals surface area (Å²) in [4.78, 5) is 28.7. The van der Waals surface area contributed by atoms with Crippen LogP contribution in [-0.4, -0.2) is 113 Å². The summed E-state index contributed by atoms with van der Waals surface area (Å²) in [5.41, 5.74) is 2.79. The monoisotopic (exact) mass is 760 g/mol. The molecule has 2 spiro atoms. The number of aromatic nitrogens is 6. The molecular formula is C37H48N10O4S2. The first kappa shape index (κ1) is 35.9. The number of sulfonamides is 2. The van der Waals surface area contributed by atoms with Gasteiger partial charge >= 0.3 is 0 Å². The quantitative estimate of drug-likeness (QED) is 0.229. The van der Waals surface area contributed by atoms with Gasteiger partial charge in [-0.15, -0.1) is 0 Å². The molecule has 4 aromatic heterocycles. The highest BCUT2D eigenvalue weighted by molar-refractivity contribution is 7.89. The number of aryl methyl sites for hydroxylation is 1. The molecule has 0 radical (unpaired) electrons. The van der Waals surface area contributed by atoms with Crippen LogP contribution < -0.4 is 9.80 Å². The van der Waals surface area contributed by atoms with E-state index in [4.69, 9.17) is 0 Å². The van der Waals surface area contributed by atoms with Crippen molar-refractivity contribution in [2.75, 3.05) is 67.9 Å². The van der Waals surface area contributed by atoms with Crippen LogP contribution in [0.4, 0.5) is 11.6 Å². The van der Waals surface area contributed by atoms with Gasteiger partial charge in [-0.25, -0.2) is 36.8 Å². The maximum Gasteiger partial charge on any atom is 0.243 e. The average molecular weight is 761 g/mol. The van der Waals surface area contributed by atoms with E-state index >= 15 is 0 Å². The second-order valence-electron chi connectivity index (χ2n) is 15.4. The predicted octanol–water partition coefficient (Wildman–Crippen LogP) is 4.55. The summed E-state index contributed by atoms with van der Waals surface area (Å²) < 4.78 is 55.3. The molecule has 2 aliphatic carbocycles. The van der Waals surface area contributed by atoms with Crippen molar-refractivity contribution in [3.05, 3.63) is 67.0 Å². The van der Waals surface area contributed by atoms with Gasteiger partial charge in [0.1, 0.15) is 35.6 Å². The molecule has 4 fully saturated rings. The fourth-order valence-electron chi connectivity index (χ4n) is 7.77. The highest BCUT2D eigenvalue weighted by atomic mass is 32.2. The van der Waals surface area contributed by atoms with Crippen molar-refractivity contribution in [2.24, 2.45) is 10.8 Å². The summed E-state index contributed by atoms with van der Waals surface area (Å²) in [6.45, 7) is 9.17. The van der Waals surface area contributed by atoms with Crippen LogP contribution in [0, 0.1) is 17.8 Å². The van der Waals surface area contributed by atoms with Gasteiger partial charge in [0, 0.05) is 75.6 Å². The average Bonchev–Trinajstić information content (AvgIpc) is 4.02. The Kier molecular flexibility index (Phi) is 9.44. The van der Waals surface area contributed by atoms with Crippen molar-refractivity contribution < 1.29 is 16.8 Å². The SMILES string of the molecule is CCCCS(=O)(=O)N1CCN(c2ncnc3[nH]ccc23)CC2(CC2)C1.Cc1ccc(S(=O)(=O)N2CCN(c3ncnc4[nH]ccc34)CC3(CC3)C2)cc1. The summed E-state index contributed by atoms with van der Waals surface area (Å²) in [6.07, 6.45) is 12.8. The van der Waals surface area contributed by atoms with E-state index in [1.165, 1.54) is 0 Å². The first-order valence-electron chi connectivity index (χ1n) is 18.6. The van der Waals surface area contributed by atoms with Gasteiger partial charge in [-0.3, -0.25) is 0 Å². The third-order valence-corrected chi connectivity index (χ3v) is 15.1. The normalized spacial score (nSPS) is 20.3. The predicted molar refractivity (Wildman–Crippen MR) is 206 cm³/mol. The molecule has 6 heterocycles. The van der Waals surface area contributed by atoms with E-state index in [0.717, 1.165) is 90.9 Å². The first-order valence-corrected chi connectivity index (χ1v) is 21.7. The van der Waals surface area contributed by atoms with Crippen molar-refractivity contribution in [3.8, 4) is 0 Å². The zero-order valence-electron chi connectivity index (χ0n) is 30.4. The van der Waals surface area contributed by atoms with Gasteiger partial charge in [0.05, 0.1) is 21.4 Å². The zero-order valence-corrected chi connectivity index (χ0v) is 32.0. The summed E-state index contributed by atoms with van der Waals surface area (Å²) in [6, 6.07) is 11.1. The summed E-state index contributed by atoms with van der Waals surface area (Å²) >= 11 is 0. The van der Waals surface area contributed by atoms with Crippen LogP contribution >= 0.6 is 0 Å². The van der Waals surface area contributed by atoms with Crippen molar-refractivity contribution in [1.29, 1.82) is 0 Å². The van der Waals surface area contributed by atoms with Gasteiger partial charge < -0.3 is 19.8 Å². The molecule has 2 saturated heterocycles. The Morgan fingerprint density at radius 3 is 1.68 bits per heavy atom. The van der Waals surface area contributed by atoms with Gasteiger partial charge in [-0.2, -0.15) is 8.61 Å². The van der Waals surface area contributed by atoms with Crippen LogP contribution in [0.25, 0.3) is 22.1 Å². The smallest absolute Gasteiger partial charge is 0.243 e. The Labute approximate surface area is 311 Å². The molecule has 2 aliphatic heterocycles. The Hall–Kier alpha value is -4.12. The van der Waals surface area contributed by atoms with E-state index in [0.29, 0.717) is 44.2 Å². The Balaban J connectivity index is 0.000000152. The summed E-state index contributed by atoms with van der Waals surface area (Å²) in [5.74, 6) is 2.05. The lowest BCUT2D eigenvalue weighted by molar-refractivity contribution is 0.364. The Morgan fingerprint density at radius 2 is 1.17 bits per heavy atom. The van der Waals surface area contributed by atoms with Crippen molar-refractivity contribution in [1.82, 2.24) is 38.5 Å². The standard InChI is InChI=1S/C20H23N5O2S.C17H25N5O2S/c1-15-2-4-16(5-3-15)28(26,27)25-11-10-24(12-20(13-25)7-8-20)19-17-6-9-21-18(17)22-14-23-19;1-2-3-10-25(23,24)22-9-8-21(11-17(12-22)5-6-17)16-14-4-7-18-15(14)19-13-20-16/h2-6,9,14H,7-8,10-13H2,1H3,(H,21,22,23);4,7,13H,2-3,5-6,8-12H2,1H3,(H,18,19,20). The lowest BCUT2D eigenvalue weighted by Gasteiger charge is -2.25. The third kappa shape index (κ3) is 7.38. The highest BCUT2D eigenvalue weighted by Crippen LogP contribution is 2.50. The minimum Gasteiger partial charge on any atom is -0.354 e. The minimum atomic E-state index is -3.50. The number of hydrogen-bond donors (Lipinski definition) is 2. The number of fused-ring (bicyclic) bond motifs is 2. The molecule has 16 heteroatoms. The molecule has 0 bridgehead atoms. The Bertz CT molecular complexity index is 2300. The van der Waals surface area contributed by atoms with Gasteiger partial charge in [-0.1, -0.05) is 31.0 Å². The van der Waals surface area contributed by atoms with E-state index in [2.05, 4.69) is 39.7 Å². The largest absolute Gasteiger partial charge is 0.354 e. The number of anilines is 2. The zero-order chi connectivity index (χ0) is 36.8. The van der Waals surface area contributed by atoms with Gasteiger partial charge in [0.15, 0.2) is 0 Å². The minimum absolute atomic E-state index is 0.0157. The van der Waals surface area contributed by atoms with Gasteiger partial charge in [0.25, 0.3) is 0 Å². The number of H-pyrrole nitrogens is 2. The topological polar surface area (TPSA) is 164 Å². The van der Waals surface area contributed by atoms with Crippen molar-refractivity contribution in [3.63, 3.8) is 0 Å². The maximum atomic E-state index is 13.3. The van der Waals surface area contributed by atoms with Gasteiger partial charge in [-0.05, 0) is 63.3 Å². The lowest BCUT2D eigenvalue weighted by atomic mass is 10.1. The first-order chi connectivity index (χ1) is 25.5. The molecule has 9 rings (SSSR count). The Morgan fingerprint density at radius 1 is 0.660 bits per heavy atom. The molecule has 4 aliphatic rings. The number of unbranched alkanes of at least 4 members (excludes halogenated alkanes) is 1. The second-order valence-corrected chi connectivity index (χ2v) is 19.4. The number of hydrogen-bond acceptors (Lipinski definition) is 10. The van der Waals surface area contributed by atoms with Crippen LogP contribution in [0.2, 0.25) is 0 Å². The third-order valence-electron chi connectivity index (χ3n) is 11.3. The van der Waals surface area contributed by atoms with Crippen molar-refractivity contribution in [2.45, 2.75) is 57.3 Å². The van der Waals surface area contributed by atoms with E-state index in [1.54, 1.807) is 33.4 Å². The van der Waals surface area contributed by atoms with E-state index < -0.39 is 20.0 Å². The second kappa shape index (κ2) is 13.9. The fraction of sp³-hybridized carbons (Fsp3) is 0.514. The number of rotatable bonds is 8. The molecule has 0 unspecified atom stereocenters. The summed E-state index contributed by atoms with van der Waals surface area (Å²) in [5, 5.41) is 1.98. The number of nitrogens with zero attached hydrogens (tertiary/aromatic N) is 8. The maximum absolute atomic E-state index is 13.3. The lowest BCUT2D eigenvalue weighted by Crippen LogP contribution is -2.38. The van der Waals surface area contributed by atoms with Crippen LogP contribution in [0.1, 0.15) is 51.0 Å². The fourth-order valence-corrected chi connectivity index (χ4v) is 11.1. The van der Waals surface area contributed by atoms with Crippen molar-refractivity contribution >= 4 is 53.7 Å². The highest BCUT2D eigenvalue weighted by Gasteiger charge is 2.50. The molecule has 53 heavy (non-hydrogen) atoms. The van der Waals surface area contributed by atoms with E-state index in [1.807, 2.05) is 50.5 Å². The summed E-state index contributed by atoms with van der Waals surface area (Å²) in [7, 11) is -6.67. The molecule has 0 atom stereocenters. The molecule has 2 saturated carbocycles. The van der Waals surface area contributed by atoms with E-state index in [-0.39, 0.29) is 16.6 Å². The molecule has 282 valence electrons. The molecule has 5 aromatic rings. The molecule has 14 nitrogen and oxygen atoms in total. The molecule has 2 N–H and O–H groups in total. The van der Waals surface area contributed by atoms with Crippen LogP contribution in [0.15, 0.2) is 66.3 Å².